The second kappa shape index (κ2) is 8.50. The van der Waals surface area contributed by atoms with Gasteiger partial charge in [-0.3, -0.25) is 4.79 Å². The Labute approximate surface area is 97.4 Å². The van der Waals surface area contributed by atoms with Crippen molar-refractivity contribution in [1.82, 2.24) is 5.32 Å². The van der Waals surface area contributed by atoms with E-state index in [1.165, 1.54) is 0 Å². The Morgan fingerprint density at radius 2 is 2.00 bits per heavy atom. The second-order valence-electron chi connectivity index (χ2n) is 3.66. The van der Waals surface area contributed by atoms with Gasteiger partial charge in [0.1, 0.15) is 5.54 Å². The number of nitrogens with one attached hydrogen (secondary N) is 1. The molecule has 16 heavy (non-hydrogen) atoms. The van der Waals surface area contributed by atoms with Crippen LogP contribution in [0.1, 0.15) is 20.3 Å². The smallest absolute Gasteiger partial charge is 0.326 e. The van der Waals surface area contributed by atoms with E-state index in [1.807, 2.05) is 6.92 Å². The van der Waals surface area contributed by atoms with Crippen LogP contribution in [0.4, 0.5) is 0 Å². The molecule has 0 aliphatic heterocycles. The van der Waals surface area contributed by atoms with E-state index in [-0.39, 0.29) is 5.97 Å². The van der Waals surface area contributed by atoms with Crippen molar-refractivity contribution in [2.24, 2.45) is 0 Å². The van der Waals surface area contributed by atoms with E-state index < -0.39 is 5.54 Å². The van der Waals surface area contributed by atoms with Crippen LogP contribution in [0, 0.1) is 0 Å². The predicted octanol–water partition coefficient (Wildman–Crippen LogP) is 0.581. The first-order valence-corrected chi connectivity index (χ1v) is 5.53. The Hall–Kier alpha value is -0.650. The Bertz CT molecular complexity index is 198. The summed E-state index contributed by atoms with van der Waals surface area (Å²) in [5, 5.41) is 2.97. The highest BCUT2D eigenvalue weighted by Crippen LogP contribution is 2.11. The molecule has 0 aliphatic rings. The summed E-state index contributed by atoms with van der Waals surface area (Å²) in [5.74, 6) is -0.243. The lowest BCUT2D eigenvalue weighted by molar-refractivity contribution is -0.151. The van der Waals surface area contributed by atoms with Crippen molar-refractivity contribution in [2.45, 2.75) is 25.8 Å². The van der Waals surface area contributed by atoms with Crippen LogP contribution >= 0.6 is 0 Å². The van der Waals surface area contributed by atoms with E-state index in [2.05, 4.69) is 5.32 Å². The molecule has 0 bridgehead atoms. The van der Waals surface area contributed by atoms with Gasteiger partial charge in [-0.2, -0.15) is 0 Å². The minimum atomic E-state index is -0.677. The third-order valence-corrected chi connectivity index (χ3v) is 2.46. The van der Waals surface area contributed by atoms with Gasteiger partial charge in [-0.25, -0.2) is 0 Å². The number of methoxy groups -OCH3 is 1. The van der Waals surface area contributed by atoms with Gasteiger partial charge in [0.25, 0.3) is 0 Å². The van der Waals surface area contributed by atoms with Crippen LogP contribution in [-0.2, 0) is 19.0 Å². The summed E-state index contributed by atoms with van der Waals surface area (Å²) in [6, 6.07) is 0. The number of carbonyl (C=O) groups is 1. The van der Waals surface area contributed by atoms with Crippen molar-refractivity contribution < 1.29 is 19.0 Å². The first-order valence-electron chi connectivity index (χ1n) is 5.53. The fourth-order valence-electron chi connectivity index (χ4n) is 1.14. The molecule has 0 aromatic carbocycles. The van der Waals surface area contributed by atoms with Crippen molar-refractivity contribution in [3.8, 4) is 0 Å². The largest absolute Gasteiger partial charge is 0.465 e. The maximum atomic E-state index is 11.7. The predicted molar refractivity (Wildman–Crippen MR) is 61.4 cm³/mol. The van der Waals surface area contributed by atoms with Crippen LogP contribution in [-0.4, -0.2) is 52.1 Å². The monoisotopic (exact) mass is 233 g/mol. The normalized spacial score (nSPS) is 14.5. The minimum absolute atomic E-state index is 0.243. The van der Waals surface area contributed by atoms with E-state index in [1.54, 1.807) is 21.1 Å². The summed E-state index contributed by atoms with van der Waals surface area (Å²) in [5.41, 5.74) is -0.677. The Balaban J connectivity index is 3.92. The first kappa shape index (κ1) is 15.3. The Kier molecular flexibility index (Phi) is 8.15. The quantitative estimate of drug-likeness (QED) is 0.466. The van der Waals surface area contributed by atoms with Crippen LogP contribution in [0.5, 0.6) is 0 Å². The summed E-state index contributed by atoms with van der Waals surface area (Å²) >= 11 is 0. The summed E-state index contributed by atoms with van der Waals surface area (Å²) in [6.45, 7) is 5.60. The van der Waals surface area contributed by atoms with Crippen LogP contribution in [0.2, 0.25) is 0 Å². The van der Waals surface area contributed by atoms with Crippen molar-refractivity contribution in [3.63, 3.8) is 0 Å². The van der Waals surface area contributed by atoms with Crippen LogP contribution < -0.4 is 5.32 Å². The van der Waals surface area contributed by atoms with Crippen molar-refractivity contribution in [2.75, 3.05) is 40.6 Å². The highest BCUT2D eigenvalue weighted by Gasteiger charge is 2.32. The van der Waals surface area contributed by atoms with E-state index in [0.717, 1.165) is 0 Å². The van der Waals surface area contributed by atoms with Gasteiger partial charge in [0.05, 0.1) is 19.8 Å². The molecular formula is C11H23NO4. The lowest BCUT2D eigenvalue weighted by atomic mass is 9.99. The molecule has 0 aromatic rings. The number of hydrogen-bond acceptors (Lipinski definition) is 5. The summed E-state index contributed by atoms with van der Waals surface area (Å²) < 4.78 is 15.2. The number of likely N-dealkylation sites (N-methyl/N-ethyl adjacent to an activating group) is 1. The van der Waals surface area contributed by atoms with Gasteiger partial charge < -0.3 is 19.5 Å². The molecule has 1 atom stereocenters. The van der Waals surface area contributed by atoms with Gasteiger partial charge in [0.2, 0.25) is 0 Å². The second-order valence-corrected chi connectivity index (χ2v) is 3.66. The fourth-order valence-corrected chi connectivity index (χ4v) is 1.14. The third kappa shape index (κ3) is 5.44. The van der Waals surface area contributed by atoms with E-state index in [0.29, 0.717) is 32.8 Å². The Morgan fingerprint density at radius 3 is 2.50 bits per heavy atom. The minimum Gasteiger partial charge on any atom is -0.465 e. The van der Waals surface area contributed by atoms with Crippen molar-refractivity contribution in [1.29, 1.82) is 0 Å². The molecule has 1 N–H and O–H groups in total. The molecule has 0 aliphatic carbocycles. The molecule has 5 nitrogen and oxygen atoms in total. The molecule has 0 spiro atoms. The summed E-state index contributed by atoms with van der Waals surface area (Å²) in [7, 11) is 3.37. The molecule has 0 heterocycles. The molecule has 1 unspecified atom stereocenters. The maximum Gasteiger partial charge on any atom is 0.326 e. The molecule has 0 aromatic heterocycles. The molecule has 0 fully saturated rings. The zero-order chi connectivity index (χ0) is 12.4. The molecular weight excluding hydrogens is 210 g/mol. The van der Waals surface area contributed by atoms with Gasteiger partial charge in [-0.05, 0) is 27.3 Å². The van der Waals surface area contributed by atoms with Crippen LogP contribution in [0.25, 0.3) is 0 Å². The molecule has 5 heteroatoms. The topological polar surface area (TPSA) is 56.8 Å². The third-order valence-electron chi connectivity index (χ3n) is 2.46. The summed E-state index contributed by atoms with van der Waals surface area (Å²) in [6.07, 6.45) is 0.575. The molecule has 0 radical (unpaired) electrons. The van der Waals surface area contributed by atoms with E-state index >= 15 is 0 Å². The standard InChI is InChI=1S/C11H23NO4/c1-5-16-10(13)11(2,12-3)6-7-15-9-8-14-4/h12H,5-9H2,1-4H3. The molecule has 0 saturated carbocycles. The van der Waals surface area contributed by atoms with Gasteiger partial charge in [0.15, 0.2) is 0 Å². The highest BCUT2D eigenvalue weighted by atomic mass is 16.5. The summed E-state index contributed by atoms with van der Waals surface area (Å²) in [4.78, 5) is 11.7. The fraction of sp³-hybridized carbons (Fsp3) is 0.909. The van der Waals surface area contributed by atoms with Gasteiger partial charge >= 0.3 is 5.97 Å². The zero-order valence-electron chi connectivity index (χ0n) is 10.7. The van der Waals surface area contributed by atoms with Crippen molar-refractivity contribution in [3.05, 3.63) is 0 Å². The van der Waals surface area contributed by atoms with Crippen LogP contribution in [0.3, 0.4) is 0 Å². The number of rotatable bonds is 9. The van der Waals surface area contributed by atoms with Gasteiger partial charge in [-0.1, -0.05) is 0 Å². The number of ether oxygens (including phenoxy) is 3. The number of carbonyl (C=O) groups excluding carboxylic acids is 1. The highest BCUT2D eigenvalue weighted by molar-refractivity contribution is 5.80. The van der Waals surface area contributed by atoms with E-state index in [4.69, 9.17) is 14.2 Å². The average molecular weight is 233 g/mol. The van der Waals surface area contributed by atoms with Gasteiger partial charge in [-0.15, -0.1) is 0 Å². The Morgan fingerprint density at radius 1 is 1.31 bits per heavy atom. The lowest BCUT2D eigenvalue weighted by Gasteiger charge is -2.26. The van der Waals surface area contributed by atoms with Crippen molar-refractivity contribution >= 4 is 5.97 Å². The average Bonchev–Trinajstić information content (AvgIpc) is 2.28. The molecule has 0 rings (SSSR count). The number of hydrogen-bond donors (Lipinski definition) is 1. The molecule has 96 valence electrons. The zero-order valence-corrected chi connectivity index (χ0v) is 10.7. The lowest BCUT2D eigenvalue weighted by Crippen LogP contribution is -2.49. The number of esters is 1. The maximum absolute atomic E-state index is 11.7. The first-order chi connectivity index (χ1) is 7.60. The van der Waals surface area contributed by atoms with Crippen LogP contribution in [0.15, 0.2) is 0 Å². The molecule has 0 saturated heterocycles. The van der Waals surface area contributed by atoms with E-state index in [9.17, 15) is 4.79 Å². The SMILES string of the molecule is CCOC(=O)C(C)(CCOCCOC)NC. The molecule has 0 amide bonds. The van der Waals surface area contributed by atoms with Gasteiger partial charge in [0, 0.05) is 13.7 Å².